The van der Waals surface area contributed by atoms with Crippen molar-refractivity contribution in [1.29, 1.82) is 5.41 Å². The zero-order valence-electron chi connectivity index (χ0n) is 10.7. The fourth-order valence-electron chi connectivity index (χ4n) is 1.73. The molecule has 0 atom stereocenters. The van der Waals surface area contributed by atoms with E-state index in [1.807, 2.05) is 26.0 Å². The Hall–Kier alpha value is -1.23. The number of allylic oxidation sites excluding steroid dienone is 4. The van der Waals surface area contributed by atoms with Gasteiger partial charge in [-0.2, -0.15) is 0 Å². The van der Waals surface area contributed by atoms with Crippen molar-refractivity contribution in [3.8, 4) is 0 Å². The maximum Gasteiger partial charge on any atom is 0.0889 e. The minimum absolute atomic E-state index is 0.478. The van der Waals surface area contributed by atoms with Crippen molar-refractivity contribution in [3.05, 3.63) is 50.6 Å². The average Bonchev–Trinajstić information content (AvgIpc) is 2.30. The summed E-state index contributed by atoms with van der Waals surface area (Å²) in [6.45, 7) is 6.14. The lowest BCUT2D eigenvalue weighted by molar-refractivity contribution is 1.35. The quantitative estimate of drug-likeness (QED) is 0.564. The van der Waals surface area contributed by atoms with Gasteiger partial charge in [0.2, 0.25) is 0 Å². The number of nitrogens with zero attached hydrogens (tertiary/aromatic N) is 1. The van der Waals surface area contributed by atoms with E-state index < -0.39 is 0 Å². The minimum Gasteiger partial charge on any atom is -0.299 e. The summed E-state index contributed by atoms with van der Waals surface area (Å²) in [4.78, 5) is 4.61. The summed E-state index contributed by atoms with van der Waals surface area (Å²) in [5.74, 6) is 0. The lowest BCUT2D eigenvalue weighted by atomic mass is 10.0. The van der Waals surface area contributed by atoms with Crippen LogP contribution >= 0.6 is 22.6 Å². The van der Waals surface area contributed by atoms with E-state index in [0.717, 1.165) is 26.1 Å². The highest BCUT2D eigenvalue weighted by Crippen LogP contribution is 2.25. The summed E-state index contributed by atoms with van der Waals surface area (Å²) in [6, 6.07) is 6.20. The number of hydrogen-bond donors (Lipinski definition) is 1. The number of aryl methyl sites for hydroxylation is 2. The first-order chi connectivity index (χ1) is 8.47. The van der Waals surface area contributed by atoms with Crippen LogP contribution in [0.3, 0.4) is 0 Å². The molecule has 0 radical (unpaired) electrons. The summed E-state index contributed by atoms with van der Waals surface area (Å²) in [5, 5.41) is 7.98. The molecule has 2 rings (SSSR count). The van der Waals surface area contributed by atoms with Crippen LogP contribution in [0.25, 0.3) is 0 Å². The van der Waals surface area contributed by atoms with Gasteiger partial charge in [-0.05, 0) is 78.3 Å². The molecule has 92 valence electrons. The predicted octanol–water partition coefficient (Wildman–Crippen LogP) is 4.67. The van der Waals surface area contributed by atoms with Crippen molar-refractivity contribution in [2.24, 2.45) is 4.99 Å². The van der Waals surface area contributed by atoms with Crippen LogP contribution in [0, 0.1) is 19.3 Å². The maximum absolute atomic E-state index is 7.98. The largest absolute Gasteiger partial charge is 0.299 e. The van der Waals surface area contributed by atoms with Crippen molar-refractivity contribution in [3.63, 3.8) is 0 Å². The van der Waals surface area contributed by atoms with Gasteiger partial charge in [-0.1, -0.05) is 12.1 Å². The van der Waals surface area contributed by atoms with E-state index in [-0.39, 0.29) is 0 Å². The topological polar surface area (TPSA) is 36.2 Å². The molecule has 1 aliphatic carbocycles. The fourth-order valence-corrected chi connectivity index (χ4v) is 2.20. The molecule has 1 aromatic carbocycles. The van der Waals surface area contributed by atoms with E-state index >= 15 is 0 Å². The molecule has 0 spiro atoms. The Balaban J connectivity index is 2.46. The third-order valence-electron chi connectivity index (χ3n) is 2.88. The highest BCUT2D eigenvalue weighted by molar-refractivity contribution is 14.1. The van der Waals surface area contributed by atoms with Crippen molar-refractivity contribution < 1.29 is 0 Å². The van der Waals surface area contributed by atoms with Crippen molar-refractivity contribution in [2.75, 3.05) is 0 Å². The zero-order chi connectivity index (χ0) is 13.3. The Kier molecular flexibility index (Phi) is 3.80. The lowest BCUT2D eigenvalue weighted by Crippen LogP contribution is -2.12. The Morgan fingerprint density at radius 2 is 1.83 bits per heavy atom. The van der Waals surface area contributed by atoms with Crippen LogP contribution < -0.4 is 0 Å². The normalized spacial score (nSPS) is 17.8. The Morgan fingerprint density at radius 1 is 1.11 bits per heavy atom. The zero-order valence-corrected chi connectivity index (χ0v) is 12.9. The van der Waals surface area contributed by atoms with Gasteiger partial charge in [-0.3, -0.25) is 5.41 Å². The second-order valence-corrected chi connectivity index (χ2v) is 5.68. The molecule has 0 saturated heterocycles. The summed E-state index contributed by atoms with van der Waals surface area (Å²) in [5.41, 5.74) is 5.65. The number of halogens is 1. The first kappa shape index (κ1) is 13.2. The van der Waals surface area contributed by atoms with Gasteiger partial charge >= 0.3 is 0 Å². The van der Waals surface area contributed by atoms with Crippen LogP contribution in [0.5, 0.6) is 0 Å². The molecule has 0 bridgehead atoms. The molecule has 1 aliphatic rings. The summed E-state index contributed by atoms with van der Waals surface area (Å²) < 4.78 is 1.11. The van der Waals surface area contributed by atoms with E-state index in [9.17, 15) is 0 Å². The predicted molar refractivity (Wildman–Crippen MR) is 86.6 cm³/mol. The molecule has 18 heavy (non-hydrogen) atoms. The monoisotopic (exact) mass is 350 g/mol. The van der Waals surface area contributed by atoms with Crippen LogP contribution in [0.4, 0.5) is 5.69 Å². The van der Waals surface area contributed by atoms with Crippen molar-refractivity contribution in [1.82, 2.24) is 0 Å². The molecule has 0 saturated carbocycles. The molecule has 0 fully saturated rings. The molecule has 0 heterocycles. The maximum atomic E-state index is 7.98. The Labute approximate surface area is 121 Å². The number of aliphatic imine (C=N–C) groups is 1. The Bertz CT molecular complexity index is 607. The second kappa shape index (κ2) is 5.18. The van der Waals surface area contributed by atoms with Crippen LogP contribution in [0.15, 0.2) is 44.5 Å². The molecule has 3 heteroatoms. The molecule has 0 unspecified atom stereocenters. The first-order valence-electron chi connectivity index (χ1n) is 5.78. The molecule has 1 N–H and O–H groups in total. The molecular formula is C15H15IN2. The summed E-state index contributed by atoms with van der Waals surface area (Å²) >= 11 is 2.25. The molecule has 0 amide bonds. The van der Waals surface area contributed by atoms with E-state index in [0.29, 0.717) is 5.71 Å². The van der Waals surface area contributed by atoms with Gasteiger partial charge in [0.05, 0.1) is 17.1 Å². The van der Waals surface area contributed by atoms with E-state index in [4.69, 9.17) is 5.41 Å². The Morgan fingerprint density at radius 3 is 2.56 bits per heavy atom. The van der Waals surface area contributed by atoms with Crippen LogP contribution in [0.1, 0.15) is 18.1 Å². The smallest absolute Gasteiger partial charge is 0.0889 e. The number of nitrogens with one attached hydrogen (secondary N) is 1. The van der Waals surface area contributed by atoms with E-state index in [1.54, 1.807) is 0 Å². The van der Waals surface area contributed by atoms with Gasteiger partial charge in [-0.25, -0.2) is 4.99 Å². The van der Waals surface area contributed by atoms with Gasteiger partial charge in [0.15, 0.2) is 0 Å². The number of benzene rings is 1. The SMILES string of the molecule is CC1=CC(=Nc2cc(C)ccc2C)C(=N)C=C1I. The summed E-state index contributed by atoms with van der Waals surface area (Å²) in [7, 11) is 0. The van der Waals surface area contributed by atoms with Crippen LogP contribution in [-0.2, 0) is 0 Å². The van der Waals surface area contributed by atoms with Crippen molar-refractivity contribution in [2.45, 2.75) is 20.8 Å². The van der Waals surface area contributed by atoms with Gasteiger partial charge < -0.3 is 0 Å². The lowest BCUT2D eigenvalue weighted by Gasteiger charge is -2.11. The molecular weight excluding hydrogens is 335 g/mol. The van der Waals surface area contributed by atoms with Crippen LogP contribution in [-0.4, -0.2) is 11.4 Å². The molecule has 0 aromatic heterocycles. The number of rotatable bonds is 1. The molecule has 0 aliphatic heterocycles. The standard InChI is InChI=1S/C15H15IN2/c1-9-4-5-10(2)14(6-9)18-15-7-11(3)12(16)8-13(15)17/h4-8,17H,1-3H3. The van der Waals surface area contributed by atoms with Gasteiger partial charge in [0.25, 0.3) is 0 Å². The highest BCUT2D eigenvalue weighted by atomic mass is 127. The first-order valence-corrected chi connectivity index (χ1v) is 6.86. The highest BCUT2D eigenvalue weighted by Gasteiger charge is 2.11. The van der Waals surface area contributed by atoms with Gasteiger partial charge in [0.1, 0.15) is 0 Å². The van der Waals surface area contributed by atoms with Crippen LogP contribution in [0.2, 0.25) is 0 Å². The second-order valence-electron chi connectivity index (χ2n) is 4.52. The minimum atomic E-state index is 0.478. The van der Waals surface area contributed by atoms with E-state index in [2.05, 4.69) is 52.7 Å². The third kappa shape index (κ3) is 2.77. The van der Waals surface area contributed by atoms with Gasteiger partial charge in [-0.15, -0.1) is 0 Å². The van der Waals surface area contributed by atoms with Crippen molar-refractivity contribution >= 4 is 39.7 Å². The molecule has 2 nitrogen and oxygen atoms in total. The third-order valence-corrected chi connectivity index (χ3v) is 4.04. The number of hydrogen-bond acceptors (Lipinski definition) is 2. The fraction of sp³-hybridized carbons (Fsp3) is 0.200. The average molecular weight is 350 g/mol. The van der Waals surface area contributed by atoms with Gasteiger partial charge in [0, 0.05) is 3.58 Å². The van der Waals surface area contributed by atoms with E-state index in [1.165, 1.54) is 5.56 Å². The molecule has 1 aromatic rings. The summed E-state index contributed by atoms with van der Waals surface area (Å²) in [6.07, 6.45) is 3.84.